The molecule has 122 valence electrons. The zero-order chi connectivity index (χ0) is 16.1. The van der Waals surface area contributed by atoms with Crippen molar-refractivity contribution in [3.05, 3.63) is 36.2 Å². The molecule has 23 heavy (non-hydrogen) atoms. The summed E-state index contributed by atoms with van der Waals surface area (Å²) in [7, 11) is 3.24. The number of nitrogens with zero attached hydrogens (tertiary/aromatic N) is 5. The van der Waals surface area contributed by atoms with Crippen molar-refractivity contribution in [3.8, 4) is 11.8 Å². The van der Waals surface area contributed by atoms with Crippen LogP contribution in [0.3, 0.4) is 0 Å². The largest absolute Gasteiger partial charge is 0.481 e. The summed E-state index contributed by atoms with van der Waals surface area (Å²) in [5, 5.41) is 0. The van der Waals surface area contributed by atoms with Gasteiger partial charge in [-0.05, 0) is 5.56 Å². The summed E-state index contributed by atoms with van der Waals surface area (Å²) in [6.45, 7) is 4.62. The molecule has 0 N–H and O–H groups in total. The van der Waals surface area contributed by atoms with Gasteiger partial charge in [-0.15, -0.1) is 0 Å². The minimum atomic E-state index is 0.599. The van der Waals surface area contributed by atoms with Crippen molar-refractivity contribution in [2.24, 2.45) is 0 Å². The van der Waals surface area contributed by atoms with Gasteiger partial charge in [-0.25, -0.2) is 9.97 Å². The lowest BCUT2D eigenvalue weighted by Crippen LogP contribution is -2.46. The van der Waals surface area contributed by atoms with Crippen LogP contribution < -0.4 is 14.4 Å². The number of hydrogen-bond donors (Lipinski definition) is 0. The molecule has 0 atom stereocenters. The van der Waals surface area contributed by atoms with Gasteiger partial charge in [0.25, 0.3) is 0 Å². The fraction of sp³-hybridized carbons (Fsp3) is 0.438. The molecule has 7 heteroatoms. The van der Waals surface area contributed by atoms with Crippen molar-refractivity contribution in [2.75, 3.05) is 45.3 Å². The van der Waals surface area contributed by atoms with E-state index in [1.807, 2.05) is 12.3 Å². The smallest absolute Gasteiger partial charge is 0.228 e. The molecule has 0 saturated carbocycles. The van der Waals surface area contributed by atoms with E-state index >= 15 is 0 Å². The van der Waals surface area contributed by atoms with Crippen LogP contribution in [0.1, 0.15) is 5.56 Å². The molecular weight excluding hydrogens is 294 g/mol. The Morgan fingerprint density at radius 1 is 0.957 bits per heavy atom. The summed E-state index contributed by atoms with van der Waals surface area (Å²) in [5.41, 5.74) is 1.19. The topological polar surface area (TPSA) is 63.6 Å². The lowest BCUT2D eigenvalue weighted by Gasteiger charge is -2.34. The van der Waals surface area contributed by atoms with Gasteiger partial charge in [0.05, 0.1) is 14.2 Å². The summed E-state index contributed by atoms with van der Waals surface area (Å²) in [6.07, 6.45) is 3.60. The van der Waals surface area contributed by atoms with Crippen LogP contribution in [0.5, 0.6) is 11.8 Å². The van der Waals surface area contributed by atoms with Crippen molar-refractivity contribution >= 4 is 5.95 Å². The van der Waals surface area contributed by atoms with E-state index in [9.17, 15) is 0 Å². The normalized spacial score (nSPS) is 15.5. The fourth-order valence-electron chi connectivity index (χ4n) is 2.59. The van der Waals surface area contributed by atoms with Crippen LogP contribution in [0, 0.1) is 0 Å². The van der Waals surface area contributed by atoms with Crippen molar-refractivity contribution < 1.29 is 9.47 Å². The predicted octanol–water partition coefficient (Wildman–Crippen LogP) is 1.21. The molecule has 1 aliphatic rings. The van der Waals surface area contributed by atoms with Gasteiger partial charge in [-0.1, -0.05) is 6.07 Å². The van der Waals surface area contributed by atoms with Crippen LogP contribution in [0.4, 0.5) is 5.95 Å². The first kappa shape index (κ1) is 15.5. The van der Waals surface area contributed by atoms with Crippen molar-refractivity contribution in [2.45, 2.75) is 6.54 Å². The number of hydrogen-bond acceptors (Lipinski definition) is 7. The van der Waals surface area contributed by atoms with Gasteiger partial charge in [0.1, 0.15) is 0 Å². The Balaban J connectivity index is 1.55. The molecule has 3 heterocycles. The van der Waals surface area contributed by atoms with Crippen LogP contribution in [-0.4, -0.2) is 60.3 Å². The highest BCUT2D eigenvalue weighted by atomic mass is 16.5. The molecule has 0 unspecified atom stereocenters. The van der Waals surface area contributed by atoms with Gasteiger partial charge in [0.2, 0.25) is 17.7 Å². The van der Waals surface area contributed by atoms with Crippen LogP contribution in [0.25, 0.3) is 0 Å². The Morgan fingerprint density at radius 2 is 1.74 bits per heavy atom. The molecule has 7 nitrogen and oxygen atoms in total. The molecule has 2 aromatic heterocycles. The second kappa shape index (κ2) is 7.23. The van der Waals surface area contributed by atoms with Crippen LogP contribution in [0.2, 0.25) is 0 Å². The van der Waals surface area contributed by atoms with E-state index in [2.05, 4.69) is 30.8 Å². The summed E-state index contributed by atoms with van der Waals surface area (Å²) in [6, 6.07) is 5.72. The van der Waals surface area contributed by atoms with Crippen LogP contribution >= 0.6 is 0 Å². The minimum Gasteiger partial charge on any atom is -0.481 e. The number of pyridine rings is 1. The van der Waals surface area contributed by atoms with Crippen molar-refractivity contribution in [1.82, 2.24) is 19.9 Å². The highest BCUT2D eigenvalue weighted by Crippen LogP contribution is 2.16. The number of methoxy groups -OCH3 is 2. The van der Waals surface area contributed by atoms with Crippen LogP contribution in [-0.2, 0) is 6.54 Å². The maximum atomic E-state index is 5.16. The van der Waals surface area contributed by atoms with Gasteiger partial charge in [0.15, 0.2) is 0 Å². The Morgan fingerprint density at radius 3 is 2.39 bits per heavy atom. The lowest BCUT2D eigenvalue weighted by molar-refractivity contribution is 0.248. The lowest BCUT2D eigenvalue weighted by atomic mass is 10.2. The quantitative estimate of drug-likeness (QED) is 0.822. The van der Waals surface area contributed by atoms with Crippen molar-refractivity contribution in [3.63, 3.8) is 0 Å². The molecule has 0 aliphatic carbocycles. The Labute approximate surface area is 135 Å². The molecule has 0 amide bonds. The highest BCUT2D eigenvalue weighted by molar-refractivity contribution is 5.32. The monoisotopic (exact) mass is 315 g/mol. The second-order valence-electron chi connectivity index (χ2n) is 5.37. The average molecular weight is 315 g/mol. The van der Waals surface area contributed by atoms with E-state index in [1.54, 1.807) is 26.5 Å². The van der Waals surface area contributed by atoms with Gasteiger partial charge in [-0.3, -0.25) is 4.90 Å². The number of aromatic nitrogens is 3. The zero-order valence-corrected chi connectivity index (χ0v) is 13.5. The number of rotatable bonds is 5. The summed E-state index contributed by atoms with van der Waals surface area (Å²) < 4.78 is 10.2. The van der Waals surface area contributed by atoms with Gasteiger partial charge in [-0.2, -0.15) is 4.98 Å². The highest BCUT2D eigenvalue weighted by Gasteiger charge is 2.19. The molecular formula is C16H21N5O2. The third kappa shape index (κ3) is 3.87. The first-order valence-electron chi connectivity index (χ1n) is 7.62. The fourth-order valence-corrected chi connectivity index (χ4v) is 2.59. The Hall–Kier alpha value is -2.41. The van der Waals surface area contributed by atoms with E-state index in [0.717, 1.165) is 38.7 Å². The molecule has 1 saturated heterocycles. The first-order valence-corrected chi connectivity index (χ1v) is 7.62. The van der Waals surface area contributed by atoms with E-state index < -0.39 is 0 Å². The van der Waals surface area contributed by atoms with E-state index in [-0.39, 0.29) is 0 Å². The Kier molecular flexibility index (Phi) is 4.87. The molecule has 0 radical (unpaired) electrons. The number of anilines is 1. The molecule has 2 aromatic rings. The molecule has 0 aromatic carbocycles. The number of piperazine rings is 1. The predicted molar refractivity (Wildman–Crippen MR) is 86.9 cm³/mol. The third-order valence-corrected chi connectivity index (χ3v) is 3.89. The molecule has 0 bridgehead atoms. The molecule has 3 rings (SSSR count). The maximum Gasteiger partial charge on any atom is 0.228 e. The Bertz CT molecular complexity index is 627. The van der Waals surface area contributed by atoms with Crippen LogP contribution in [0.15, 0.2) is 30.6 Å². The van der Waals surface area contributed by atoms with Gasteiger partial charge in [0, 0.05) is 57.3 Å². The van der Waals surface area contributed by atoms with E-state index in [4.69, 9.17) is 9.47 Å². The molecule has 1 fully saturated rings. The van der Waals surface area contributed by atoms with Crippen molar-refractivity contribution in [1.29, 1.82) is 0 Å². The summed E-state index contributed by atoms with van der Waals surface area (Å²) in [4.78, 5) is 17.6. The number of ether oxygens (including phenoxy) is 2. The third-order valence-electron chi connectivity index (χ3n) is 3.89. The van der Waals surface area contributed by atoms with Gasteiger partial charge >= 0.3 is 0 Å². The molecule has 1 aliphatic heterocycles. The summed E-state index contributed by atoms with van der Waals surface area (Å²) >= 11 is 0. The zero-order valence-electron chi connectivity index (χ0n) is 13.5. The van der Waals surface area contributed by atoms with Gasteiger partial charge < -0.3 is 14.4 Å². The average Bonchev–Trinajstić information content (AvgIpc) is 2.63. The standard InChI is InChI=1S/C16H21N5O2/c1-22-14-4-3-13(11-18-14)12-20-7-9-21(10-8-20)16-17-6-5-15(19-16)23-2/h3-6,11H,7-10,12H2,1-2H3. The van der Waals surface area contributed by atoms with E-state index in [1.165, 1.54) is 5.56 Å². The van der Waals surface area contributed by atoms with E-state index in [0.29, 0.717) is 11.8 Å². The first-order chi connectivity index (χ1) is 11.3. The SMILES string of the molecule is COc1ccc(CN2CCN(c3nccc(OC)n3)CC2)cn1. The minimum absolute atomic E-state index is 0.599. The summed E-state index contributed by atoms with van der Waals surface area (Å²) in [5.74, 6) is 1.98. The maximum absolute atomic E-state index is 5.16. The molecule has 0 spiro atoms. The second-order valence-corrected chi connectivity index (χ2v) is 5.37.